The highest BCUT2D eigenvalue weighted by molar-refractivity contribution is 6.35. The Hall–Kier alpha value is -1.91. The fraction of sp³-hybridized carbons (Fsp3) is 0.308. The Balaban J connectivity index is 0.00000363. The topological polar surface area (TPSA) is 30.5 Å². The molecule has 0 saturated carbocycles. The van der Waals surface area contributed by atoms with Crippen LogP contribution < -0.4 is 14.8 Å². The van der Waals surface area contributed by atoms with Crippen molar-refractivity contribution in [3.8, 4) is 11.5 Å². The van der Waals surface area contributed by atoms with Crippen molar-refractivity contribution in [2.24, 2.45) is 0 Å². The predicted molar refractivity (Wildman–Crippen MR) is 137 cm³/mol. The molecule has 0 amide bonds. The van der Waals surface area contributed by atoms with Gasteiger partial charge in [0.15, 0.2) is 11.5 Å². The zero-order chi connectivity index (χ0) is 22.1. The lowest BCUT2D eigenvalue weighted by atomic mass is 10.1. The Morgan fingerprint density at radius 3 is 2.38 bits per heavy atom. The lowest BCUT2D eigenvalue weighted by Crippen LogP contribution is -2.26. The first-order valence-electron chi connectivity index (χ1n) is 10.6. The number of hydrogen-bond acceptors (Lipinski definition) is 3. The van der Waals surface area contributed by atoms with Gasteiger partial charge < -0.3 is 14.8 Å². The molecule has 0 spiro atoms. The van der Waals surface area contributed by atoms with E-state index in [4.69, 9.17) is 32.7 Å². The molecule has 0 aliphatic heterocycles. The maximum absolute atomic E-state index is 6.25. The maximum atomic E-state index is 6.25. The summed E-state index contributed by atoms with van der Waals surface area (Å²) < 4.78 is 11.8. The van der Waals surface area contributed by atoms with Gasteiger partial charge in [-0.1, -0.05) is 65.7 Å². The molecule has 1 atom stereocenters. The molecule has 0 aliphatic carbocycles. The number of benzene rings is 3. The van der Waals surface area contributed by atoms with E-state index in [2.05, 4.69) is 48.6 Å². The smallest absolute Gasteiger partial charge is 0.161 e. The molecular weight excluding hydrogens is 465 g/mol. The Morgan fingerprint density at radius 2 is 1.66 bits per heavy atom. The van der Waals surface area contributed by atoms with Crippen molar-refractivity contribution in [3.05, 3.63) is 93.5 Å². The average Bonchev–Trinajstić information content (AvgIpc) is 2.77. The zero-order valence-electron chi connectivity index (χ0n) is 18.4. The highest BCUT2D eigenvalue weighted by Gasteiger charge is 2.10. The van der Waals surface area contributed by atoms with Crippen molar-refractivity contribution < 1.29 is 9.47 Å². The molecule has 0 bridgehead atoms. The van der Waals surface area contributed by atoms with E-state index in [1.54, 1.807) is 6.07 Å². The number of rotatable bonds is 11. The van der Waals surface area contributed by atoms with E-state index in [1.165, 1.54) is 5.56 Å². The molecule has 1 unspecified atom stereocenters. The van der Waals surface area contributed by atoms with Crippen molar-refractivity contribution in [1.82, 2.24) is 5.32 Å². The quantitative estimate of drug-likeness (QED) is 0.299. The van der Waals surface area contributed by atoms with Gasteiger partial charge in [-0.2, -0.15) is 0 Å². The second kappa shape index (κ2) is 13.6. The van der Waals surface area contributed by atoms with Gasteiger partial charge in [0.2, 0.25) is 0 Å². The monoisotopic (exact) mass is 493 g/mol. The Labute approximate surface area is 207 Å². The fourth-order valence-electron chi connectivity index (χ4n) is 3.27. The molecule has 3 nitrogen and oxygen atoms in total. The van der Waals surface area contributed by atoms with Crippen LogP contribution in [0.2, 0.25) is 10.0 Å². The van der Waals surface area contributed by atoms with E-state index in [0.29, 0.717) is 35.1 Å². The summed E-state index contributed by atoms with van der Waals surface area (Å²) in [7, 11) is 0. The molecule has 172 valence electrons. The van der Waals surface area contributed by atoms with Gasteiger partial charge in [0.05, 0.1) is 6.61 Å². The summed E-state index contributed by atoms with van der Waals surface area (Å²) in [6, 6.07) is 22.5. The van der Waals surface area contributed by atoms with E-state index >= 15 is 0 Å². The van der Waals surface area contributed by atoms with Crippen molar-refractivity contribution in [2.45, 2.75) is 45.9 Å². The highest BCUT2D eigenvalue weighted by Crippen LogP contribution is 2.30. The molecule has 1 N–H and O–H groups in total. The zero-order valence-corrected chi connectivity index (χ0v) is 20.8. The Morgan fingerprint density at radius 1 is 0.875 bits per heavy atom. The summed E-state index contributed by atoms with van der Waals surface area (Å²) >= 11 is 12.2. The number of hydrogen-bond donors (Lipinski definition) is 1. The minimum Gasteiger partial charge on any atom is -0.490 e. The molecule has 0 saturated heterocycles. The summed E-state index contributed by atoms with van der Waals surface area (Å²) in [6.45, 7) is 5.89. The molecule has 0 radical (unpaired) electrons. The van der Waals surface area contributed by atoms with Crippen molar-refractivity contribution in [1.29, 1.82) is 0 Å². The van der Waals surface area contributed by atoms with E-state index in [-0.39, 0.29) is 12.4 Å². The molecule has 3 rings (SSSR count). The van der Waals surface area contributed by atoms with Crippen LogP contribution in [-0.2, 0) is 19.6 Å². The van der Waals surface area contributed by atoms with Crippen LogP contribution in [-0.4, -0.2) is 12.6 Å². The van der Waals surface area contributed by atoms with Gasteiger partial charge in [-0.3, -0.25) is 0 Å². The number of halogens is 3. The third kappa shape index (κ3) is 8.22. The largest absolute Gasteiger partial charge is 0.490 e. The van der Waals surface area contributed by atoms with Crippen LogP contribution in [0.3, 0.4) is 0 Å². The van der Waals surface area contributed by atoms with Crippen LogP contribution in [0.5, 0.6) is 11.5 Å². The molecule has 0 heterocycles. The van der Waals surface area contributed by atoms with Gasteiger partial charge in [0, 0.05) is 28.2 Å². The van der Waals surface area contributed by atoms with Gasteiger partial charge in [0.25, 0.3) is 0 Å². The van der Waals surface area contributed by atoms with E-state index in [1.807, 2.05) is 31.2 Å². The second-order valence-corrected chi connectivity index (χ2v) is 8.39. The van der Waals surface area contributed by atoms with Gasteiger partial charge in [-0.25, -0.2) is 0 Å². The standard InChI is InChI=1S/C26H29Cl2NO2.ClH/c1-3-30-26-15-21(17-29-19(2)9-10-20-7-5-4-6-8-20)11-14-25(26)31-18-22-12-13-23(27)16-24(22)28;/h4-8,11-16,19,29H,3,9-10,17-18H2,1-2H3;1H. The Bertz CT molecular complexity index is 967. The summed E-state index contributed by atoms with van der Waals surface area (Å²) in [6.07, 6.45) is 2.16. The summed E-state index contributed by atoms with van der Waals surface area (Å²) in [5, 5.41) is 4.81. The van der Waals surface area contributed by atoms with Gasteiger partial charge in [-0.05, 0) is 62.1 Å². The number of aryl methyl sites for hydroxylation is 1. The molecule has 3 aromatic carbocycles. The number of nitrogens with one attached hydrogen (secondary N) is 1. The van der Waals surface area contributed by atoms with Crippen molar-refractivity contribution >= 4 is 35.6 Å². The predicted octanol–water partition coefficient (Wildman–Crippen LogP) is 7.50. The molecule has 0 aromatic heterocycles. The Kier molecular flexibility index (Phi) is 11.2. The third-order valence-corrected chi connectivity index (χ3v) is 5.66. The van der Waals surface area contributed by atoms with Crippen LogP contribution in [0, 0.1) is 0 Å². The summed E-state index contributed by atoms with van der Waals surface area (Å²) in [5.41, 5.74) is 3.41. The van der Waals surface area contributed by atoms with Crippen LogP contribution in [0.25, 0.3) is 0 Å². The lowest BCUT2D eigenvalue weighted by Gasteiger charge is -2.16. The first-order valence-corrected chi connectivity index (χ1v) is 11.4. The SMILES string of the molecule is CCOc1cc(CNC(C)CCc2ccccc2)ccc1OCc1ccc(Cl)cc1Cl.Cl. The molecule has 3 aromatic rings. The molecule has 0 aliphatic rings. The minimum atomic E-state index is 0. The molecular formula is C26H30Cl3NO2. The minimum absolute atomic E-state index is 0. The number of ether oxygens (including phenoxy) is 2. The fourth-order valence-corrected chi connectivity index (χ4v) is 3.73. The van der Waals surface area contributed by atoms with Crippen LogP contribution >= 0.6 is 35.6 Å². The molecule has 6 heteroatoms. The van der Waals surface area contributed by atoms with E-state index in [0.717, 1.165) is 36.3 Å². The molecule has 32 heavy (non-hydrogen) atoms. The normalized spacial score (nSPS) is 11.5. The molecule has 0 fully saturated rings. The first-order chi connectivity index (χ1) is 15.0. The van der Waals surface area contributed by atoms with Gasteiger partial charge >= 0.3 is 0 Å². The highest BCUT2D eigenvalue weighted by atomic mass is 35.5. The van der Waals surface area contributed by atoms with Crippen LogP contribution in [0.4, 0.5) is 0 Å². The summed E-state index contributed by atoms with van der Waals surface area (Å²) in [5.74, 6) is 1.44. The van der Waals surface area contributed by atoms with E-state index in [9.17, 15) is 0 Å². The third-order valence-electron chi connectivity index (χ3n) is 5.07. The average molecular weight is 495 g/mol. The first kappa shape index (κ1) is 26.3. The van der Waals surface area contributed by atoms with E-state index < -0.39 is 0 Å². The van der Waals surface area contributed by atoms with Gasteiger partial charge in [0.1, 0.15) is 6.61 Å². The maximum Gasteiger partial charge on any atom is 0.161 e. The summed E-state index contributed by atoms with van der Waals surface area (Å²) in [4.78, 5) is 0. The lowest BCUT2D eigenvalue weighted by molar-refractivity contribution is 0.269. The second-order valence-electron chi connectivity index (χ2n) is 7.54. The van der Waals surface area contributed by atoms with Crippen molar-refractivity contribution in [3.63, 3.8) is 0 Å². The van der Waals surface area contributed by atoms with Crippen LogP contribution in [0.1, 0.15) is 37.0 Å². The van der Waals surface area contributed by atoms with Crippen LogP contribution in [0.15, 0.2) is 66.7 Å². The van der Waals surface area contributed by atoms with Crippen molar-refractivity contribution in [2.75, 3.05) is 6.61 Å². The van der Waals surface area contributed by atoms with Gasteiger partial charge in [-0.15, -0.1) is 12.4 Å².